The van der Waals surface area contributed by atoms with Gasteiger partial charge in [-0.15, -0.1) is 13.2 Å². The van der Waals surface area contributed by atoms with Crippen molar-refractivity contribution in [2.75, 3.05) is 5.73 Å². The van der Waals surface area contributed by atoms with E-state index in [2.05, 4.69) is 4.74 Å². The third kappa shape index (κ3) is 3.58. The summed E-state index contributed by atoms with van der Waals surface area (Å²) in [6.45, 7) is 0. The molecule has 17 heavy (non-hydrogen) atoms. The van der Waals surface area contributed by atoms with Crippen LogP contribution >= 0.6 is 11.6 Å². The summed E-state index contributed by atoms with van der Waals surface area (Å²) >= 11 is 5.28. The number of hydrogen-bond donors (Lipinski definition) is 1. The van der Waals surface area contributed by atoms with Crippen LogP contribution in [0.4, 0.5) is 32.0 Å². The summed E-state index contributed by atoms with van der Waals surface area (Å²) < 4.78 is 75.9. The van der Waals surface area contributed by atoms with Gasteiger partial charge in [0.1, 0.15) is 5.75 Å². The summed E-state index contributed by atoms with van der Waals surface area (Å²) in [6, 6.07) is 0.689. The lowest BCUT2D eigenvalue weighted by Gasteiger charge is -2.14. The fourth-order valence-corrected chi connectivity index (χ4v) is 1.23. The third-order valence-corrected chi connectivity index (χ3v) is 1.95. The highest BCUT2D eigenvalue weighted by Crippen LogP contribution is 2.40. The maximum Gasteiger partial charge on any atom is 0.573 e. The van der Waals surface area contributed by atoms with Crippen molar-refractivity contribution in [2.24, 2.45) is 0 Å². The topological polar surface area (TPSA) is 35.2 Å². The van der Waals surface area contributed by atoms with Crippen molar-refractivity contribution in [1.82, 2.24) is 0 Å². The molecular formula is C8H4ClF6NO. The van der Waals surface area contributed by atoms with Gasteiger partial charge in [-0.3, -0.25) is 0 Å². The van der Waals surface area contributed by atoms with Crippen molar-refractivity contribution >= 4 is 17.3 Å². The summed E-state index contributed by atoms with van der Waals surface area (Å²) in [5, 5.41) is -0.668. The molecule has 0 amide bonds. The van der Waals surface area contributed by atoms with Gasteiger partial charge in [0.05, 0.1) is 16.3 Å². The second-order valence-corrected chi connectivity index (χ2v) is 3.32. The molecule has 0 bridgehead atoms. The summed E-state index contributed by atoms with van der Waals surface area (Å²) in [7, 11) is 0. The molecule has 9 heteroatoms. The molecule has 96 valence electrons. The Bertz CT molecular complexity index is 427. The largest absolute Gasteiger partial charge is 0.573 e. The predicted molar refractivity (Wildman–Crippen MR) is 47.5 cm³/mol. The average Bonchev–Trinajstić information content (AvgIpc) is 2.06. The highest BCUT2D eigenvalue weighted by atomic mass is 35.5. The van der Waals surface area contributed by atoms with Crippen molar-refractivity contribution in [1.29, 1.82) is 0 Å². The van der Waals surface area contributed by atoms with Gasteiger partial charge in [0.25, 0.3) is 0 Å². The van der Waals surface area contributed by atoms with Gasteiger partial charge in [0, 0.05) is 6.07 Å². The van der Waals surface area contributed by atoms with E-state index in [1.54, 1.807) is 0 Å². The predicted octanol–water partition coefficient (Wildman–Crippen LogP) is 3.84. The smallest absolute Gasteiger partial charge is 0.406 e. The Morgan fingerprint density at radius 1 is 1.06 bits per heavy atom. The second-order valence-electron chi connectivity index (χ2n) is 2.91. The number of hydrogen-bond acceptors (Lipinski definition) is 2. The molecule has 0 aliphatic carbocycles. The average molecular weight is 280 g/mol. The Morgan fingerprint density at radius 3 is 2.00 bits per heavy atom. The van der Waals surface area contributed by atoms with Gasteiger partial charge in [-0.25, -0.2) is 0 Å². The van der Waals surface area contributed by atoms with Crippen LogP contribution in [-0.4, -0.2) is 6.36 Å². The minimum Gasteiger partial charge on any atom is -0.406 e. The van der Waals surface area contributed by atoms with Gasteiger partial charge in [0.15, 0.2) is 0 Å². The molecule has 0 unspecified atom stereocenters. The Labute approximate surface area is 95.9 Å². The molecule has 0 aliphatic heterocycles. The fourth-order valence-electron chi connectivity index (χ4n) is 1.02. The van der Waals surface area contributed by atoms with Crippen molar-refractivity contribution in [3.05, 3.63) is 22.7 Å². The minimum absolute atomic E-state index is 0.134. The quantitative estimate of drug-likeness (QED) is 0.626. The zero-order valence-electron chi connectivity index (χ0n) is 7.79. The van der Waals surface area contributed by atoms with E-state index in [4.69, 9.17) is 17.3 Å². The molecule has 0 spiro atoms. The number of rotatable bonds is 1. The van der Waals surface area contributed by atoms with E-state index in [-0.39, 0.29) is 6.07 Å². The molecule has 0 aliphatic rings. The molecule has 0 saturated carbocycles. The molecule has 0 heterocycles. The Balaban J connectivity index is 3.25. The minimum atomic E-state index is -5.11. The molecule has 1 rings (SSSR count). The van der Waals surface area contributed by atoms with Crippen LogP contribution in [0.5, 0.6) is 5.75 Å². The third-order valence-electron chi connectivity index (χ3n) is 1.64. The zero-order chi connectivity index (χ0) is 13.4. The van der Waals surface area contributed by atoms with Crippen molar-refractivity contribution in [3.8, 4) is 5.75 Å². The number of anilines is 1. The number of benzene rings is 1. The first-order valence-electron chi connectivity index (χ1n) is 3.92. The van der Waals surface area contributed by atoms with Gasteiger partial charge in [-0.05, 0) is 6.07 Å². The normalized spacial score (nSPS) is 12.6. The highest BCUT2D eigenvalue weighted by molar-refractivity contribution is 6.33. The van der Waals surface area contributed by atoms with Crippen LogP contribution in [0.15, 0.2) is 12.1 Å². The van der Waals surface area contributed by atoms with Crippen LogP contribution in [0.3, 0.4) is 0 Å². The van der Waals surface area contributed by atoms with Crippen molar-refractivity contribution in [3.63, 3.8) is 0 Å². The first-order chi connectivity index (χ1) is 7.50. The summed E-state index contributed by atoms with van der Waals surface area (Å²) in [5.41, 5.74) is 2.68. The molecule has 2 nitrogen and oxygen atoms in total. The van der Waals surface area contributed by atoms with E-state index in [1.807, 2.05) is 0 Å². The maximum atomic E-state index is 12.4. The van der Waals surface area contributed by atoms with Gasteiger partial charge in [0.2, 0.25) is 0 Å². The van der Waals surface area contributed by atoms with E-state index in [1.165, 1.54) is 0 Å². The van der Waals surface area contributed by atoms with E-state index in [0.717, 1.165) is 0 Å². The fraction of sp³-hybridized carbons (Fsp3) is 0.250. The molecule has 0 radical (unpaired) electrons. The van der Waals surface area contributed by atoms with E-state index >= 15 is 0 Å². The summed E-state index contributed by atoms with van der Waals surface area (Å²) in [4.78, 5) is 0. The van der Waals surface area contributed by atoms with Crippen LogP contribution < -0.4 is 10.5 Å². The summed E-state index contributed by atoms with van der Waals surface area (Å²) in [5.74, 6) is -1.08. The van der Waals surface area contributed by atoms with E-state index < -0.39 is 34.6 Å². The van der Waals surface area contributed by atoms with Crippen LogP contribution in [0.25, 0.3) is 0 Å². The zero-order valence-corrected chi connectivity index (χ0v) is 8.54. The monoisotopic (exact) mass is 279 g/mol. The van der Waals surface area contributed by atoms with E-state index in [0.29, 0.717) is 6.07 Å². The van der Waals surface area contributed by atoms with Crippen molar-refractivity contribution < 1.29 is 31.1 Å². The Hall–Kier alpha value is -1.31. The van der Waals surface area contributed by atoms with Crippen LogP contribution in [-0.2, 0) is 6.18 Å². The SMILES string of the molecule is Nc1c(Cl)cc(OC(F)(F)F)cc1C(F)(F)F. The van der Waals surface area contributed by atoms with Crippen molar-refractivity contribution in [2.45, 2.75) is 12.5 Å². The molecule has 0 fully saturated rings. The molecule has 0 saturated heterocycles. The van der Waals surface area contributed by atoms with Crippen LogP contribution in [0.1, 0.15) is 5.56 Å². The standard InChI is InChI=1S/C8H4ClF6NO/c9-5-2-3(17-8(13,14)15)1-4(6(5)16)7(10,11)12/h1-2H,16H2. The number of ether oxygens (including phenoxy) is 1. The first-order valence-corrected chi connectivity index (χ1v) is 4.30. The van der Waals surface area contributed by atoms with Crippen LogP contribution in [0, 0.1) is 0 Å². The molecule has 2 N–H and O–H groups in total. The number of alkyl halides is 6. The lowest BCUT2D eigenvalue weighted by atomic mass is 10.1. The lowest BCUT2D eigenvalue weighted by Crippen LogP contribution is -2.18. The van der Waals surface area contributed by atoms with Gasteiger partial charge >= 0.3 is 12.5 Å². The van der Waals surface area contributed by atoms with Gasteiger partial charge < -0.3 is 10.5 Å². The Morgan fingerprint density at radius 2 is 1.59 bits per heavy atom. The number of nitrogens with two attached hydrogens (primary N) is 1. The second kappa shape index (κ2) is 4.17. The molecule has 0 aromatic heterocycles. The number of halogens is 7. The molecule has 0 atom stereocenters. The summed E-state index contributed by atoms with van der Waals surface area (Å²) in [6.07, 6.45) is -10.0. The Kier molecular flexibility index (Phi) is 3.37. The molecule has 1 aromatic rings. The van der Waals surface area contributed by atoms with E-state index in [9.17, 15) is 26.3 Å². The van der Waals surface area contributed by atoms with Gasteiger partial charge in [-0.2, -0.15) is 13.2 Å². The van der Waals surface area contributed by atoms with Gasteiger partial charge in [-0.1, -0.05) is 11.6 Å². The lowest BCUT2D eigenvalue weighted by molar-refractivity contribution is -0.274. The van der Waals surface area contributed by atoms with Crippen LogP contribution in [0.2, 0.25) is 5.02 Å². The highest BCUT2D eigenvalue weighted by Gasteiger charge is 2.37. The molecular weight excluding hydrogens is 276 g/mol. The first kappa shape index (κ1) is 13.8. The maximum absolute atomic E-state index is 12.4. The number of nitrogen functional groups attached to an aromatic ring is 1. The molecule has 1 aromatic carbocycles.